The molecule has 0 spiro atoms. The zero-order valence-corrected chi connectivity index (χ0v) is 10.2. The van der Waals surface area contributed by atoms with E-state index in [9.17, 15) is 9.59 Å². The maximum Gasteiger partial charge on any atom is 0.257 e. The summed E-state index contributed by atoms with van der Waals surface area (Å²) in [7, 11) is 0. The molecule has 2 rings (SSSR count). The molecule has 0 radical (unpaired) electrons. The van der Waals surface area contributed by atoms with Crippen LogP contribution in [0.25, 0.3) is 0 Å². The smallest absolute Gasteiger partial charge is 0.257 e. The minimum absolute atomic E-state index is 0.0716. The van der Waals surface area contributed by atoms with Gasteiger partial charge in [-0.2, -0.15) is 10.1 Å². The number of carbonyl (C=O) groups is 2. The molecular weight excluding hydrogens is 226 g/mol. The van der Waals surface area contributed by atoms with Crippen LogP contribution in [-0.4, -0.2) is 39.3 Å². The summed E-state index contributed by atoms with van der Waals surface area (Å²) >= 11 is 1.41. The molecule has 5 nitrogen and oxygen atoms in total. The molecule has 0 aromatic rings. The lowest BCUT2D eigenvalue weighted by atomic mass is 10.1. The molecule has 0 aromatic carbocycles. The van der Waals surface area contributed by atoms with Crippen LogP contribution in [-0.2, 0) is 9.59 Å². The van der Waals surface area contributed by atoms with Gasteiger partial charge in [-0.15, -0.1) is 0 Å². The van der Waals surface area contributed by atoms with Gasteiger partial charge in [0, 0.05) is 6.54 Å². The zero-order valence-electron chi connectivity index (χ0n) is 9.42. The largest absolute Gasteiger partial charge is 0.311 e. The van der Waals surface area contributed by atoms with Gasteiger partial charge in [0.05, 0.1) is 5.55 Å². The second-order valence-corrected chi connectivity index (χ2v) is 4.88. The van der Waals surface area contributed by atoms with Crippen molar-refractivity contribution < 1.29 is 9.59 Å². The van der Waals surface area contributed by atoms with Gasteiger partial charge in [-0.05, 0) is 13.3 Å². The van der Waals surface area contributed by atoms with Crippen LogP contribution in [0.1, 0.15) is 26.7 Å². The van der Waals surface area contributed by atoms with Crippen LogP contribution in [0.15, 0.2) is 5.10 Å². The number of fused-ring (bicyclic) bond motifs is 1. The number of carbonyl (C=O) groups excluding carboxylic acids is 2. The van der Waals surface area contributed by atoms with Crippen molar-refractivity contribution in [1.82, 2.24) is 9.91 Å². The lowest BCUT2D eigenvalue weighted by molar-refractivity contribution is -0.159. The van der Waals surface area contributed by atoms with E-state index in [2.05, 4.69) is 12.0 Å². The fraction of sp³-hybridized carbons (Fsp3) is 0.700. The molecule has 88 valence electrons. The lowest BCUT2D eigenvalue weighted by Gasteiger charge is -2.39. The van der Waals surface area contributed by atoms with Gasteiger partial charge in [-0.3, -0.25) is 9.59 Å². The molecule has 2 unspecified atom stereocenters. The number of unbranched alkanes of at least 4 members (excludes halogenated alkanes) is 1. The quantitative estimate of drug-likeness (QED) is 0.694. The van der Waals surface area contributed by atoms with Gasteiger partial charge in [0.25, 0.3) is 5.91 Å². The molecule has 0 aliphatic carbocycles. The SMILES string of the molecule is CCCCN1C(=O)C(C)C(=O)N2N=CSC12. The fourth-order valence-corrected chi connectivity index (χ4v) is 2.72. The van der Waals surface area contributed by atoms with E-state index in [0.29, 0.717) is 6.54 Å². The molecule has 2 atom stereocenters. The van der Waals surface area contributed by atoms with Crippen molar-refractivity contribution in [3.05, 3.63) is 0 Å². The zero-order chi connectivity index (χ0) is 11.7. The van der Waals surface area contributed by atoms with Gasteiger partial charge in [-0.1, -0.05) is 25.1 Å². The first-order valence-electron chi connectivity index (χ1n) is 5.48. The minimum Gasteiger partial charge on any atom is -0.311 e. The molecular formula is C10H15N3O2S. The average Bonchev–Trinajstić information content (AvgIpc) is 2.75. The molecule has 16 heavy (non-hydrogen) atoms. The first-order valence-corrected chi connectivity index (χ1v) is 6.42. The number of amides is 2. The van der Waals surface area contributed by atoms with E-state index >= 15 is 0 Å². The summed E-state index contributed by atoms with van der Waals surface area (Å²) < 4.78 is 0. The Bertz CT molecular complexity index is 345. The van der Waals surface area contributed by atoms with Gasteiger partial charge >= 0.3 is 0 Å². The maximum atomic E-state index is 12.0. The van der Waals surface area contributed by atoms with Gasteiger partial charge in [0.2, 0.25) is 5.91 Å². The Morgan fingerprint density at radius 2 is 2.19 bits per heavy atom. The standard InChI is InChI=1S/C10H15N3O2S/c1-3-4-5-12-8(14)7(2)9(15)13-10(12)16-6-11-13/h6-7,10H,3-5H2,1-2H3. The molecule has 6 heteroatoms. The molecule has 0 saturated carbocycles. The topological polar surface area (TPSA) is 53.0 Å². The second-order valence-electron chi connectivity index (χ2n) is 3.97. The van der Waals surface area contributed by atoms with Gasteiger partial charge in [0.15, 0.2) is 5.50 Å². The molecule has 2 amide bonds. The summed E-state index contributed by atoms with van der Waals surface area (Å²) in [5, 5.41) is 5.43. The second kappa shape index (κ2) is 4.45. The van der Waals surface area contributed by atoms with Crippen molar-refractivity contribution in [3.8, 4) is 0 Å². The third kappa shape index (κ3) is 1.71. The number of thioether (sulfide) groups is 1. The molecule has 0 N–H and O–H groups in total. The van der Waals surface area contributed by atoms with Crippen LogP contribution in [0.2, 0.25) is 0 Å². The van der Waals surface area contributed by atoms with E-state index in [-0.39, 0.29) is 17.3 Å². The Balaban J connectivity index is 2.17. The number of nitrogens with zero attached hydrogens (tertiary/aromatic N) is 3. The lowest BCUT2D eigenvalue weighted by Crippen LogP contribution is -2.58. The van der Waals surface area contributed by atoms with Crippen molar-refractivity contribution >= 4 is 29.1 Å². The van der Waals surface area contributed by atoms with Crippen LogP contribution in [0, 0.1) is 5.92 Å². The average molecular weight is 241 g/mol. The Morgan fingerprint density at radius 1 is 1.44 bits per heavy atom. The summed E-state index contributed by atoms with van der Waals surface area (Å²) in [6.45, 7) is 4.43. The summed E-state index contributed by atoms with van der Waals surface area (Å²) in [5.74, 6) is -0.856. The number of rotatable bonds is 3. The highest BCUT2D eigenvalue weighted by Crippen LogP contribution is 2.31. The summed E-state index contributed by atoms with van der Waals surface area (Å²) in [6, 6.07) is 0. The minimum atomic E-state index is -0.594. The van der Waals surface area contributed by atoms with Crippen molar-refractivity contribution in [2.75, 3.05) is 6.54 Å². The number of hydrogen-bond acceptors (Lipinski definition) is 4. The highest BCUT2D eigenvalue weighted by Gasteiger charge is 2.45. The first-order chi connectivity index (χ1) is 7.66. The normalized spacial score (nSPS) is 28.9. The van der Waals surface area contributed by atoms with Crippen LogP contribution < -0.4 is 0 Å². The first kappa shape index (κ1) is 11.4. The van der Waals surface area contributed by atoms with E-state index in [1.165, 1.54) is 16.8 Å². The number of hydrazone groups is 1. The fourth-order valence-electron chi connectivity index (χ4n) is 1.83. The van der Waals surface area contributed by atoms with Crippen LogP contribution in [0.5, 0.6) is 0 Å². The van der Waals surface area contributed by atoms with E-state index in [1.807, 2.05) is 0 Å². The van der Waals surface area contributed by atoms with E-state index in [0.717, 1.165) is 12.8 Å². The summed E-state index contributed by atoms with van der Waals surface area (Å²) in [6.07, 6.45) is 1.99. The van der Waals surface area contributed by atoms with Crippen molar-refractivity contribution in [2.45, 2.75) is 32.2 Å². The van der Waals surface area contributed by atoms with E-state index in [1.54, 1.807) is 17.4 Å². The van der Waals surface area contributed by atoms with Crippen molar-refractivity contribution in [3.63, 3.8) is 0 Å². The van der Waals surface area contributed by atoms with Crippen molar-refractivity contribution in [2.24, 2.45) is 11.0 Å². The predicted molar refractivity (Wildman–Crippen MR) is 62.5 cm³/mol. The van der Waals surface area contributed by atoms with Crippen LogP contribution in [0.4, 0.5) is 0 Å². The molecule has 0 bridgehead atoms. The van der Waals surface area contributed by atoms with E-state index in [4.69, 9.17) is 0 Å². The molecule has 2 aliphatic heterocycles. The van der Waals surface area contributed by atoms with Crippen molar-refractivity contribution in [1.29, 1.82) is 0 Å². The number of hydrogen-bond donors (Lipinski definition) is 0. The predicted octanol–water partition coefficient (Wildman–Crippen LogP) is 1.07. The Morgan fingerprint density at radius 3 is 2.88 bits per heavy atom. The summed E-state index contributed by atoms with van der Waals surface area (Å²) in [4.78, 5) is 25.5. The van der Waals surface area contributed by atoms with Crippen LogP contribution in [0.3, 0.4) is 0 Å². The van der Waals surface area contributed by atoms with Gasteiger partial charge in [-0.25, -0.2) is 0 Å². The monoisotopic (exact) mass is 241 g/mol. The maximum absolute atomic E-state index is 12.0. The van der Waals surface area contributed by atoms with Crippen LogP contribution >= 0.6 is 11.8 Å². The summed E-state index contributed by atoms with van der Waals surface area (Å²) in [5.41, 5.74) is 1.38. The van der Waals surface area contributed by atoms with Gasteiger partial charge in [0.1, 0.15) is 5.92 Å². The highest BCUT2D eigenvalue weighted by molar-refractivity contribution is 8.12. The Kier molecular flexibility index (Phi) is 3.18. The Labute approximate surface area is 98.8 Å². The van der Waals surface area contributed by atoms with Gasteiger partial charge < -0.3 is 4.90 Å². The molecule has 0 aromatic heterocycles. The van der Waals surface area contributed by atoms with E-state index < -0.39 is 5.92 Å². The molecule has 1 saturated heterocycles. The third-order valence-corrected chi connectivity index (χ3v) is 3.75. The molecule has 2 heterocycles. The third-order valence-electron chi connectivity index (χ3n) is 2.83. The Hall–Kier alpha value is -1.04. The molecule has 2 aliphatic rings. The highest BCUT2D eigenvalue weighted by atomic mass is 32.2. The molecule has 1 fully saturated rings.